The van der Waals surface area contributed by atoms with Crippen LogP contribution in [-0.2, 0) is 11.3 Å². The fourth-order valence-electron chi connectivity index (χ4n) is 3.59. The van der Waals surface area contributed by atoms with Crippen molar-refractivity contribution in [2.24, 2.45) is 0 Å². The number of nitrogens with one attached hydrogen (secondary N) is 1. The van der Waals surface area contributed by atoms with Crippen molar-refractivity contribution in [2.45, 2.75) is 84.3 Å². The first-order valence-electron chi connectivity index (χ1n) is 12.5. The van der Waals surface area contributed by atoms with E-state index in [1.54, 1.807) is 12.1 Å². The number of phenols is 1. The molecule has 0 radical (unpaired) electrons. The van der Waals surface area contributed by atoms with Gasteiger partial charge in [0, 0.05) is 25.3 Å². The molecule has 0 bridgehead atoms. The number of ether oxygens (including phenoxy) is 1. The number of benzene rings is 1. The quantitative estimate of drug-likeness (QED) is 0.250. The summed E-state index contributed by atoms with van der Waals surface area (Å²) in [6.45, 7) is 6.81. The molecule has 0 saturated heterocycles. The molecule has 1 aliphatic rings. The highest BCUT2D eigenvalue weighted by atomic mass is 16.5. The summed E-state index contributed by atoms with van der Waals surface area (Å²) in [5, 5.41) is 32.3. The monoisotopic (exact) mass is 447 g/mol. The van der Waals surface area contributed by atoms with Gasteiger partial charge in [0.05, 0.1) is 12.7 Å². The van der Waals surface area contributed by atoms with Crippen LogP contribution in [0.15, 0.2) is 42.0 Å². The Kier molecular flexibility index (Phi) is 16.7. The van der Waals surface area contributed by atoms with E-state index in [1.165, 1.54) is 43.7 Å². The lowest BCUT2D eigenvalue weighted by Gasteiger charge is -2.14. The van der Waals surface area contributed by atoms with Crippen LogP contribution in [0.5, 0.6) is 5.75 Å². The van der Waals surface area contributed by atoms with Crippen molar-refractivity contribution >= 4 is 0 Å². The Hall–Kier alpha value is -1.66. The highest BCUT2D eigenvalue weighted by Gasteiger charge is 2.09. The van der Waals surface area contributed by atoms with Crippen molar-refractivity contribution < 1.29 is 20.1 Å². The molecule has 1 aliphatic carbocycles. The Labute approximate surface area is 195 Å². The summed E-state index contributed by atoms with van der Waals surface area (Å²) in [5.41, 5.74) is 2.63. The van der Waals surface area contributed by atoms with E-state index in [1.807, 2.05) is 13.8 Å². The number of allylic oxidation sites excluding steroid dienone is 4. The first-order chi connectivity index (χ1) is 15.7. The lowest BCUT2D eigenvalue weighted by molar-refractivity contribution is 0.126. The summed E-state index contributed by atoms with van der Waals surface area (Å²) >= 11 is 0. The summed E-state index contributed by atoms with van der Waals surface area (Å²) in [4.78, 5) is 0. The first kappa shape index (κ1) is 28.4. The predicted octanol–water partition coefficient (Wildman–Crippen LogP) is 5.56. The zero-order valence-electron chi connectivity index (χ0n) is 20.2. The summed E-state index contributed by atoms with van der Waals surface area (Å²) in [6.07, 6.45) is 16.7. The molecule has 1 unspecified atom stereocenters. The van der Waals surface area contributed by atoms with Gasteiger partial charge in [-0.2, -0.15) is 0 Å². The first-order valence-corrected chi connectivity index (χ1v) is 12.5. The van der Waals surface area contributed by atoms with Crippen molar-refractivity contribution in [3.05, 3.63) is 53.1 Å². The van der Waals surface area contributed by atoms with E-state index in [9.17, 15) is 15.3 Å². The molecule has 4 N–H and O–H groups in total. The summed E-state index contributed by atoms with van der Waals surface area (Å²) in [5.74, 6) is 0.0555. The van der Waals surface area contributed by atoms with Crippen molar-refractivity contribution in [3.8, 4) is 5.75 Å². The molecule has 0 fully saturated rings. The lowest BCUT2D eigenvalue weighted by atomic mass is 10.0. The van der Waals surface area contributed by atoms with E-state index in [4.69, 9.17) is 4.74 Å². The van der Waals surface area contributed by atoms with Crippen LogP contribution in [0, 0.1) is 0 Å². The Morgan fingerprint density at radius 1 is 1.00 bits per heavy atom. The van der Waals surface area contributed by atoms with Crippen molar-refractivity contribution in [1.82, 2.24) is 5.32 Å². The third kappa shape index (κ3) is 12.4. The van der Waals surface area contributed by atoms with Gasteiger partial charge < -0.3 is 25.4 Å². The molecule has 0 aromatic heterocycles. The van der Waals surface area contributed by atoms with E-state index < -0.39 is 6.10 Å². The molecule has 0 spiro atoms. The highest BCUT2D eigenvalue weighted by molar-refractivity contribution is 5.36. The molecule has 182 valence electrons. The SMILES string of the molecule is CC.OCc1cc(C(O)CNCCCCCCOCCCCC2=CCCC=C2)ccc1O. The molecule has 32 heavy (non-hydrogen) atoms. The number of aliphatic hydroxyl groups is 2. The van der Waals surface area contributed by atoms with Gasteiger partial charge in [-0.3, -0.25) is 0 Å². The summed E-state index contributed by atoms with van der Waals surface area (Å²) in [6, 6.07) is 4.84. The van der Waals surface area contributed by atoms with Gasteiger partial charge in [0.2, 0.25) is 0 Å². The standard InChI is InChI=1S/C25H39NO4.C2H6/c27-20-23-18-22(13-14-24(23)28)25(29)19-26-15-7-1-2-8-16-30-17-9-6-12-21-10-4-3-5-11-21;1-2/h4,10-11,13-14,18,25-29H,1-3,5-9,12,15-17,19-20H2;1-2H3. The Morgan fingerprint density at radius 3 is 2.47 bits per heavy atom. The average Bonchev–Trinajstić information content (AvgIpc) is 2.84. The fraction of sp³-hybridized carbons (Fsp3) is 0.630. The van der Waals surface area contributed by atoms with Gasteiger partial charge in [-0.05, 0) is 69.2 Å². The molecule has 2 rings (SSSR count). The van der Waals surface area contributed by atoms with Crippen LogP contribution in [-0.4, -0.2) is 41.6 Å². The normalized spacial score (nSPS) is 13.9. The average molecular weight is 448 g/mol. The molecular formula is C27H45NO4. The van der Waals surface area contributed by atoms with Crippen LogP contribution < -0.4 is 5.32 Å². The van der Waals surface area contributed by atoms with Crippen LogP contribution >= 0.6 is 0 Å². The predicted molar refractivity (Wildman–Crippen MR) is 133 cm³/mol. The van der Waals surface area contributed by atoms with Crippen LogP contribution in [0.4, 0.5) is 0 Å². The number of hydrogen-bond acceptors (Lipinski definition) is 5. The molecule has 0 saturated carbocycles. The van der Waals surface area contributed by atoms with Crippen molar-refractivity contribution in [1.29, 1.82) is 0 Å². The number of aromatic hydroxyl groups is 1. The van der Waals surface area contributed by atoms with Gasteiger partial charge in [0.1, 0.15) is 5.75 Å². The lowest BCUT2D eigenvalue weighted by Crippen LogP contribution is -2.22. The topological polar surface area (TPSA) is 82.0 Å². The van der Waals surface area contributed by atoms with Crippen molar-refractivity contribution in [3.63, 3.8) is 0 Å². The van der Waals surface area contributed by atoms with Gasteiger partial charge in [0.15, 0.2) is 0 Å². The third-order valence-electron chi connectivity index (χ3n) is 5.46. The van der Waals surface area contributed by atoms with E-state index in [0.717, 1.165) is 45.4 Å². The van der Waals surface area contributed by atoms with Crippen LogP contribution in [0.25, 0.3) is 0 Å². The second-order valence-corrected chi connectivity index (χ2v) is 8.01. The molecule has 0 aliphatic heterocycles. The zero-order chi connectivity index (χ0) is 23.4. The van der Waals surface area contributed by atoms with Crippen LogP contribution in [0.1, 0.15) is 88.9 Å². The van der Waals surface area contributed by atoms with Gasteiger partial charge in [-0.15, -0.1) is 0 Å². The largest absolute Gasteiger partial charge is 0.508 e. The second-order valence-electron chi connectivity index (χ2n) is 8.01. The van der Waals surface area contributed by atoms with Gasteiger partial charge in [-0.1, -0.05) is 56.6 Å². The minimum absolute atomic E-state index is 0.0555. The Bertz CT molecular complexity index is 657. The molecule has 0 amide bonds. The van der Waals surface area contributed by atoms with Gasteiger partial charge >= 0.3 is 0 Å². The molecule has 5 heteroatoms. The number of rotatable bonds is 16. The van der Waals surface area contributed by atoms with E-state index in [-0.39, 0.29) is 12.4 Å². The van der Waals surface area contributed by atoms with E-state index in [0.29, 0.717) is 17.7 Å². The fourth-order valence-corrected chi connectivity index (χ4v) is 3.59. The molecule has 0 heterocycles. The minimum Gasteiger partial charge on any atom is -0.508 e. The number of hydrogen-bond donors (Lipinski definition) is 4. The number of aliphatic hydroxyl groups excluding tert-OH is 2. The molecule has 1 atom stereocenters. The van der Waals surface area contributed by atoms with Gasteiger partial charge in [-0.25, -0.2) is 0 Å². The maximum atomic E-state index is 10.2. The van der Waals surface area contributed by atoms with Crippen LogP contribution in [0.2, 0.25) is 0 Å². The maximum absolute atomic E-state index is 10.2. The van der Waals surface area contributed by atoms with Gasteiger partial charge in [0.25, 0.3) is 0 Å². The zero-order valence-corrected chi connectivity index (χ0v) is 20.2. The third-order valence-corrected chi connectivity index (χ3v) is 5.46. The maximum Gasteiger partial charge on any atom is 0.121 e. The summed E-state index contributed by atoms with van der Waals surface area (Å²) < 4.78 is 5.74. The van der Waals surface area contributed by atoms with E-state index >= 15 is 0 Å². The smallest absolute Gasteiger partial charge is 0.121 e. The highest BCUT2D eigenvalue weighted by Crippen LogP contribution is 2.22. The molecule has 1 aromatic rings. The summed E-state index contributed by atoms with van der Waals surface area (Å²) in [7, 11) is 0. The Balaban J connectivity index is 0.00000249. The minimum atomic E-state index is -0.644. The molecular weight excluding hydrogens is 402 g/mol. The van der Waals surface area contributed by atoms with E-state index in [2.05, 4.69) is 23.5 Å². The number of unbranched alkanes of at least 4 members (excludes halogenated alkanes) is 4. The Morgan fingerprint density at radius 2 is 1.75 bits per heavy atom. The molecule has 5 nitrogen and oxygen atoms in total. The van der Waals surface area contributed by atoms with Crippen molar-refractivity contribution in [2.75, 3.05) is 26.3 Å². The van der Waals surface area contributed by atoms with Crippen LogP contribution in [0.3, 0.4) is 0 Å². The molecule has 1 aromatic carbocycles. The second kappa shape index (κ2) is 18.9.